The van der Waals surface area contributed by atoms with Gasteiger partial charge >= 0.3 is 0 Å². The maximum atomic E-state index is 12.3. The number of aldehydes is 1. The minimum Gasteiger partial charge on any atom is -0.493 e. The van der Waals surface area contributed by atoms with Crippen molar-refractivity contribution in [2.45, 2.75) is 51.5 Å². The molecule has 7 heteroatoms. The van der Waals surface area contributed by atoms with Gasteiger partial charge in [-0.15, -0.1) is 0 Å². The molecule has 0 aliphatic rings. The summed E-state index contributed by atoms with van der Waals surface area (Å²) in [4.78, 5) is 36.5. The fraction of sp³-hybridized carbons (Fsp3) is 0.571. The van der Waals surface area contributed by atoms with Crippen molar-refractivity contribution in [3.05, 3.63) is 23.8 Å². The normalized spacial score (nSPS) is 12.6. The van der Waals surface area contributed by atoms with Crippen LogP contribution in [0, 0.1) is 0 Å². The molecule has 0 radical (unpaired) electrons. The van der Waals surface area contributed by atoms with E-state index in [-0.39, 0.29) is 11.8 Å². The van der Waals surface area contributed by atoms with Gasteiger partial charge in [0.2, 0.25) is 11.8 Å². The van der Waals surface area contributed by atoms with E-state index >= 15 is 0 Å². The Morgan fingerprint density at radius 1 is 1.21 bits per heavy atom. The molecule has 1 unspecified atom stereocenters. The first-order valence-corrected chi connectivity index (χ1v) is 9.52. The van der Waals surface area contributed by atoms with Gasteiger partial charge in [0.05, 0.1) is 13.7 Å². The number of amides is 2. The molecule has 0 aliphatic carbocycles. The fourth-order valence-corrected chi connectivity index (χ4v) is 2.62. The Labute approximate surface area is 167 Å². The minimum atomic E-state index is -0.405. The molecule has 0 spiro atoms. The van der Waals surface area contributed by atoms with Crippen LogP contribution in [0.3, 0.4) is 0 Å². The van der Waals surface area contributed by atoms with Gasteiger partial charge in [0, 0.05) is 38.0 Å². The Hall–Kier alpha value is -2.57. The zero-order chi connectivity index (χ0) is 21.2. The Bertz CT molecular complexity index is 675. The molecule has 0 heterocycles. The Morgan fingerprint density at radius 3 is 2.50 bits per heavy atom. The van der Waals surface area contributed by atoms with Crippen LogP contribution in [-0.4, -0.2) is 56.4 Å². The lowest BCUT2D eigenvalue weighted by Crippen LogP contribution is -2.46. The summed E-state index contributed by atoms with van der Waals surface area (Å²) in [6.45, 7) is 4.31. The number of carbonyl (C=O) groups is 3. The molecule has 0 aromatic heterocycles. The van der Waals surface area contributed by atoms with Gasteiger partial charge in [0.25, 0.3) is 0 Å². The molecule has 0 saturated heterocycles. The number of carbonyl (C=O) groups excluding carboxylic acids is 3. The number of hydrogen-bond donors (Lipinski definition) is 1. The average molecular weight is 392 g/mol. The lowest BCUT2D eigenvalue weighted by Gasteiger charge is -2.30. The molecule has 0 fully saturated rings. The van der Waals surface area contributed by atoms with Crippen LogP contribution in [-0.2, 0) is 9.59 Å². The van der Waals surface area contributed by atoms with Gasteiger partial charge < -0.3 is 19.7 Å². The highest BCUT2D eigenvalue weighted by molar-refractivity contribution is 5.78. The molecule has 1 aromatic carbocycles. The van der Waals surface area contributed by atoms with Gasteiger partial charge in [-0.3, -0.25) is 14.4 Å². The Balaban J connectivity index is 2.45. The largest absolute Gasteiger partial charge is 0.493 e. The van der Waals surface area contributed by atoms with Gasteiger partial charge in [-0.05, 0) is 44.4 Å². The summed E-state index contributed by atoms with van der Waals surface area (Å²) < 4.78 is 10.9. The van der Waals surface area contributed by atoms with Crippen molar-refractivity contribution in [1.82, 2.24) is 10.2 Å². The van der Waals surface area contributed by atoms with Crippen LogP contribution >= 0.6 is 0 Å². The molecule has 7 nitrogen and oxygen atoms in total. The van der Waals surface area contributed by atoms with Crippen LogP contribution < -0.4 is 14.8 Å². The zero-order valence-corrected chi connectivity index (χ0v) is 17.5. The van der Waals surface area contributed by atoms with Crippen LogP contribution in [0.25, 0.3) is 0 Å². The first-order chi connectivity index (χ1) is 13.2. The highest BCUT2D eigenvalue weighted by Crippen LogP contribution is 2.27. The van der Waals surface area contributed by atoms with E-state index in [0.717, 1.165) is 12.7 Å². The summed E-state index contributed by atoms with van der Waals surface area (Å²) in [5, 5.41) is 3.04. The molecular weight excluding hydrogens is 360 g/mol. The monoisotopic (exact) mass is 392 g/mol. The molecule has 1 rings (SSSR count). The number of benzene rings is 1. The smallest absolute Gasteiger partial charge is 0.222 e. The summed E-state index contributed by atoms with van der Waals surface area (Å²) in [5.74, 6) is 1.01. The summed E-state index contributed by atoms with van der Waals surface area (Å²) >= 11 is 0. The first kappa shape index (κ1) is 23.5. The Morgan fingerprint density at radius 2 is 1.93 bits per heavy atom. The topological polar surface area (TPSA) is 84.9 Å². The number of nitrogens with zero attached hydrogens (tertiary/aromatic N) is 1. The summed E-state index contributed by atoms with van der Waals surface area (Å²) in [5.41, 5.74) is 0.104. The fourth-order valence-electron chi connectivity index (χ4n) is 2.62. The second kappa shape index (κ2) is 11.3. The van der Waals surface area contributed by atoms with E-state index in [9.17, 15) is 14.4 Å². The van der Waals surface area contributed by atoms with E-state index in [1.54, 1.807) is 37.2 Å². The van der Waals surface area contributed by atoms with Crippen molar-refractivity contribution in [2.75, 3.05) is 27.8 Å². The van der Waals surface area contributed by atoms with Crippen LogP contribution in [0.4, 0.5) is 0 Å². The third-order valence-electron chi connectivity index (χ3n) is 4.74. The number of rotatable bonds is 12. The SMILES string of the molecule is CCC(C)(CCC(=O)N(C)C)NC(=O)CCCOc1ccc(C=O)cc1OC. The zero-order valence-electron chi connectivity index (χ0n) is 17.5. The first-order valence-electron chi connectivity index (χ1n) is 9.52. The van der Waals surface area contributed by atoms with E-state index < -0.39 is 5.54 Å². The second-order valence-corrected chi connectivity index (χ2v) is 7.23. The Kier molecular flexibility index (Phi) is 9.48. The van der Waals surface area contributed by atoms with E-state index in [0.29, 0.717) is 49.4 Å². The number of nitrogens with one attached hydrogen (secondary N) is 1. The van der Waals surface area contributed by atoms with Gasteiger partial charge in [-0.25, -0.2) is 0 Å². The van der Waals surface area contributed by atoms with Crippen molar-refractivity contribution in [1.29, 1.82) is 0 Å². The van der Waals surface area contributed by atoms with E-state index in [4.69, 9.17) is 9.47 Å². The van der Waals surface area contributed by atoms with Crippen molar-refractivity contribution >= 4 is 18.1 Å². The molecule has 28 heavy (non-hydrogen) atoms. The highest BCUT2D eigenvalue weighted by atomic mass is 16.5. The third-order valence-corrected chi connectivity index (χ3v) is 4.74. The summed E-state index contributed by atoms with van der Waals surface area (Å²) in [6.07, 6.45) is 3.36. The minimum absolute atomic E-state index is 0.0527. The van der Waals surface area contributed by atoms with Crippen LogP contribution in [0.5, 0.6) is 11.5 Å². The predicted molar refractivity (Wildman–Crippen MR) is 108 cm³/mol. The quantitative estimate of drug-likeness (QED) is 0.437. The molecule has 1 atom stereocenters. The van der Waals surface area contributed by atoms with Gasteiger partial charge in [-0.2, -0.15) is 0 Å². The maximum Gasteiger partial charge on any atom is 0.222 e. The van der Waals surface area contributed by atoms with Gasteiger partial charge in [-0.1, -0.05) is 6.92 Å². The van der Waals surface area contributed by atoms with Crippen molar-refractivity contribution in [3.63, 3.8) is 0 Å². The van der Waals surface area contributed by atoms with Crippen LogP contribution in [0.15, 0.2) is 18.2 Å². The molecular formula is C21H32N2O5. The van der Waals surface area contributed by atoms with Crippen molar-refractivity contribution < 1.29 is 23.9 Å². The summed E-state index contributed by atoms with van der Waals surface area (Å²) in [7, 11) is 4.97. The number of hydrogen-bond acceptors (Lipinski definition) is 5. The van der Waals surface area contributed by atoms with Crippen molar-refractivity contribution in [3.8, 4) is 11.5 Å². The standard InChI is InChI=1S/C21H32N2O5/c1-6-21(2,12-11-20(26)23(3)4)22-19(25)8-7-13-28-17-10-9-16(15-24)14-18(17)27-5/h9-10,14-15H,6-8,11-13H2,1-5H3,(H,22,25). The highest BCUT2D eigenvalue weighted by Gasteiger charge is 2.25. The second-order valence-electron chi connectivity index (χ2n) is 7.23. The lowest BCUT2D eigenvalue weighted by molar-refractivity contribution is -0.130. The molecule has 2 amide bonds. The third kappa shape index (κ3) is 7.58. The van der Waals surface area contributed by atoms with Gasteiger partial charge in [0.1, 0.15) is 6.29 Å². The molecule has 0 saturated carbocycles. The van der Waals surface area contributed by atoms with Crippen molar-refractivity contribution in [2.24, 2.45) is 0 Å². The molecule has 1 aromatic rings. The summed E-state index contributed by atoms with van der Waals surface area (Å²) in [6, 6.07) is 4.94. The van der Waals surface area contributed by atoms with E-state index in [2.05, 4.69) is 5.32 Å². The van der Waals surface area contributed by atoms with E-state index in [1.165, 1.54) is 7.11 Å². The number of methoxy groups -OCH3 is 1. The molecule has 1 N–H and O–H groups in total. The van der Waals surface area contributed by atoms with Crippen LogP contribution in [0.2, 0.25) is 0 Å². The van der Waals surface area contributed by atoms with Gasteiger partial charge in [0.15, 0.2) is 11.5 Å². The average Bonchev–Trinajstić information content (AvgIpc) is 2.69. The lowest BCUT2D eigenvalue weighted by atomic mass is 9.92. The molecule has 156 valence electrons. The van der Waals surface area contributed by atoms with E-state index in [1.807, 2.05) is 13.8 Å². The predicted octanol–water partition coefficient (Wildman–Crippen LogP) is 2.82. The molecule has 0 aliphatic heterocycles. The molecule has 0 bridgehead atoms. The maximum absolute atomic E-state index is 12.3. The van der Waals surface area contributed by atoms with Crippen LogP contribution in [0.1, 0.15) is 56.3 Å². The number of ether oxygens (including phenoxy) is 2.